The number of hydrogen-bond donors (Lipinski definition) is 2. The zero-order valence-electron chi connectivity index (χ0n) is 14.5. The highest BCUT2D eigenvalue weighted by molar-refractivity contribution is 5.94. The Kier molecular flexibility index (Phi) is 6.60. The molecule has 1 aliphatic heterocycles. The number of carbonyl (C=O) groups excluding carboxylic acids is 2. The Balaban J connectivity index is 2.10. The van der Waals surface area contributed by atoms with E-state index in [0.717, 1.165) is 12.8 Å². The summed E-state index contributed by atoms with van der Waals surface area (Å²) < 4.78 is 10.4. The van der Waals surface area contributed by atoms with Gasteiger partial charge in [-0.2, -0.15) is 0 Å². The van der Waals surface area contributed by atoms with Crippen LogP contribution >= 0.6 is 0 Å². The SMILES string of the molecule is COc1cc(C=CC(=O)N2CCCCC2C(=O)O)ccc1OCC(N)=O. The van der Waals surface area contributed by atoms with Crippen molar-refractivity contribution >= 4 is 23.9 Å². The molecule has 0 saturated carbocycles. The van der Waals surface area contributed by atoms with Gasteiger partial charge in [-0.25, -0.2) is 4.79 Å². The molecule has 1 fully saturated rings. The molecule has 1 saturated heterocycles. The van der Waals surface area contributed by atoms with Crippen LogP contribution in [0.5, 0.6) is 11.5 Å². The number of benzene rings is 1. The third kappa shape index (κ3) is 4.98. The second-order valence-corrected chi connectivity index (χ2v) is 5.88. The van der Waals surface area contributed by atoms with E-state index in [1.54, 1.807) is 24.3 Å². The van der Waals surface area contributed by atoms with E-state index < -0.39 is 17.9 Å². The Bertz CT molecular complexity index is 716. The predicted octanol–water partition coefficient (Wildman–Crippen LogP) is 1.04. The van der Waals surface area contributed by atoms with Gasteiger partial charge in [0.15, 0.2) is 18.1 Å². The fourth-order valence-electron chi connectivity index (χ4n) is 2.77. The van der Waals surface area contributed by atoms with Crippen LogP contribution in [0.1, 0.15) is 24.8 Å². The fourth-order valence-corrected chi connectivity index (χ4v) is 2.77. The number of carboxylic acid groups (broad SMARTS) is 1. The Morgan fingerprint density at radius 1 is 1.31 bits per heavy atom. The first-order valence-electron chi connectivity index (χ1n) is 8.23. The third-order valence-electron chi connectivity index (χ3n) is 4.05. The summed E-state index contributed by atoms with van der Waals surface area (Å²) in [5.74, 6) is -1.18. The van der Waals surface area contributed by atoms with Crippen molar-refractivity contribution in [3.63, 3.8) is 0 Å². The lowest BCUT2D eigenvalue weighted by Crippen LogP contribution is -2.47. The molecule has 1 aromatic rings. The van der Waals surface area contributed by atoms with Gasteiger partial charge in [0.25, 0.3) is 5.91 Å². The van der Waals surface area contributed by atoms with E-state index in [9.17, 15) is 19.5 Å². The Hall–Kier alpha value is -3.03. The van der Waals surface area contributed by atoms with Crippen LogP contribution in [0.3, 0.4) is 0 Å². The van der Waals surface area contributed by atoms with Crippen LogP contribution in [0, 0.1) is 0 Å². The Morgan fingerprint density at radius 3 is 2.73 bits per heavy atom. The van der Waals surface area contributed by atoms with E-state index in [2.05, 4.69) is 0 Å². The number of carboxylic acids is 1. The molecule has 8 nitrogen and oxygen atoms in total. The molecule has 2 amide bonds. The summed E-state index contributed by atoms with van der Waals surface area (Å²) in [6.07, 6.45) is 4.99. The molecule has 0 radical (unpaired) electrons. The van der Waals surface area contributed by atoms with E-state index in [-0.39, 0.29) is 12.5 Å². The van der Waals surface area contributed by atoms with Crippen molar-refractivity contribution in [3.05, 3.63) is 29.8 Å². The van der Waals surface area contributed by atoms with E-state index in [1.807, 2.05) is 0 Å². The summed E-state index contributed by atoms with van der Waals surface area (Å²) in [5.41, 5.74) is 5.72. The molecule has 3 N–H and O–H groups in total. The van der Waals surface area contributed by atoms with Crippen LogP contribution < -0.4 is 15.2 Å². The molecule has 8 heteroatoms. The smallest absolute Gasteiger partial charge is 0.326 e. The molecule has 0 aromatic heterocycles. The highest BCUT2D eigenvalue weighted by Gasteiger charge is 2.30. The van der Waals surface area contributed by atoms with E-state index in [4.69, 9.17) is 15.2 Å². The normalized spacial score (nSPS) is 17.1. The molecule has 1 unspecified atom stereocenters. The molecule has 1 heterocycles. The minimum Gasteiger partial charge on any atom is -0.493 e. The number of methoxy groups -OCH3 is 1. The number of amides is 2. The van der Waals surface area contributed by atoms with Gasteiger partial charge in [0.2, 0.25) is 5.91 Å². The van der Waals surface area contributed by atoms with Crippen molar-refractivity contribution in [3.8, 4) is 11.5 Å². The van der Waals surface area contributed by atoms with E-state index in [1.165, 1.54) is 18.1 Å². The number of ether oxygens (including phenoxy) is 2. The lowest BCUT2D eigenvalue weighted by molar-refractivity contribution is -0.150. The molecule has 0 spiro atoms. The van der Waals surface area contributed by atoms with Crippen LogP contribution in [-0.2, 0) is 14.4 Å². The monoisotopic (exact) mass is 362 g/mol. The van der Waals surface area contributed by atoms with Crippen molar-refractivity contribution in [2.24, 2.45) is 5.73 Å². The lowest BCUT2D eigenvalue weighted by Gasteiger charge is -2.32. The minimum atomic E-state index is -0.982. The summed E-state index contributed by atoms with van der Waals surface area (Å²) in [6, 6.07) is 4.16. The standard InChI is InChI=1S/C18H22N2O6/c1-25-15-10-12(5-7-14(15)26-11-16(19)21)6-8-17(22)20-9-3-2-4-13(20)18(23)24/h5-8,10,13H,2-4,9,11H2,1H3,(H2,19,21)(H,23,24). The zero-order valence-corrected chi connectivity index (χ0v) is 14.5. The van der Waals surface area contributed by atoms with Crippen molar-refractivity contribution < 1.29 is 29.0 Å². The number of likely N-dealkylation sites (tertiary alicyclic amines) is 1. The number of primary amides is 1. The number of piperidine rings is 1. The van der Waals surface area contributed by atoms with Gasteiger partial charge in [0.05, 0.1) is 7.11 Å². The maximum Gasteiger partial charge on any atom is 0.326 e. The van der Waals surface area contributed by atoms with Crippen molar-refractivity contribution in [1.29, 1.82) is 0 Å². The van der Waals surface area contributed by atoms with Gasteiger partial charge in [-0.05, 0) is 43.0 Å². The van der Waals surface area contributed by atoms with Crippen molar-refractivity contribution in [2.75, 3.05) is 20.3 Å². The molecule has 1 aliphatic rings. The second-order valence-electron chi connectivity index (χ2n) is 5.88. The van der Waals surface area contributed by atoms with Crippen LogP contribution in [0.4, 0.5) is 0 Å². The van der Waals surface area contributed by atoms with Crippen LogP contribution in [-0.4, -0.2) is 54.1 Å². The summed E-state index contributed by atoms with van der Waals surface area (Å²) >= 11 is 0. The Morgan fingerprint density at radius 2 is 2.08 bits per heavy atom. The molecule has 2 rings (SSSR count). The first kappa shape index (κ1) is 19.3. The lowest BCUT2D eigenvalue weighted by atomic mass is 10.0. The molecule has 1 aromatic carbocycles. The number of rotatable bonds is 7. The van der Waals surface area contributed by atoms with E-state index in [0.29, 0.717) is 30.0 Å². The summed E-state index contributed by atoms with van der Waals surface area (Å²) in [7, 11) is 1.45. The third-order valence-corrected chi connectivity index (χ3v) is 4.05. The second kappa shape index (κ2) is 8.89. The fraction of sp³-hybridized carbons (Fsp3) is 0.389. The highest BCUT2D eigenvalue weighted by Crippen LogP contribution is 2.28. The first-order chi connectivity index (χ1) is 12.4. The molecule has 0 aliphatic carbocycles. The number of hydrogen-bond acceptors (Lipinski definition) is 5. The molecule has 0 bridgehead atoms. The number of carbonyl (C=O) groups is 3. The first-order valence-corrected chi connectivity index (χ1v) is 8.23. The number of aliphatic carboxylic acids is 1. The van der Waals surface area contributed by atoms with Gasteiger partial charge in [0.1, 0.15) is 6.04 Å². The zero-order chi connectivity index (χ0) is 19.1. The topological polar surface area (TPSA) is 119 Å². The van der Waals surface area contributed by atoms with Gasteiger partial charge in [0, 0.05) is 12.6 Å². The van der Waals surface area contributed by atoms with Crippen LogP contribution in [0.25, 0.3) is 6.08 Å². The van der Waals surface area contributed by atoms with Gasteiger partial charge in [-0.1, -0.05) is 6.07 Å². The van der Waals surface area contributed by atoms with Gasteiger partial charge < -0.3 is 25.2 Å². The average Bonchev–Trinajstić information content (AvgIpc) is 2.64. The molecular formula is C18H22N2O6. The number of nitrogens with zero attached hydrogens (tertiary/aromatic N) is 1. The molecule has 1 atom stereocenters. The predicted molar refractivity (Wildman–Crippen MR) is 93.7 cm³/mol. The van der Waals surface area contributed by atoms with Gasteiger partial charge in [-0.3, -0.25) is 9.59 Å². The van der Waals surface area contributed by atoms with Crippen molar-refractivity contribution in [1.82, 2.24) is 4.90 Å². The maximum atomic E-state index is 12.4. The summed E-state index contributed by atoms with van der Waals surface area (Å²) in [4.78, 5) is 35.8. The molecule has 26 heavy (non-hydrogen) atoms. The average molecular weight is 362 g/mol. The largest absolute Gasteiger partial charge is 0.493 e. The van der Waals surface area contributed by atoms with Crippen LogP contribution in [0.15, 0.2) is 24.3 Å². The molecular weight excluding hydrogens is 340 g/mol. The summed E-state index contributed by atoms with van der Waals surface area (Å²) in [5, 5.41) is 9.25. The van der Waals surface area contributed by atoms with Crippen molar-refractivity contribution in [2.45, 2.75) is 25.3 Å². The molecule has 140 valence electrons. The van der Waals surface area contributed by atoms with E-state index >= 15 is 0 Å². The van der Waals surface area contributed by atoms with Crippen LogP contribution in [0.2, 0.25) is 0 Å². The number of nitrogens with two attached hydrogens (primary N) is 1. The minimum absolute atomic E-state index is 0.268. The highest BCUT2D eigenvalue weighted by atomic mass is 16.5. The van der Waals surface area contributed by atoms with Gasteiger partial charge in [-0.15, -0.1) is 0 Å². The van der Waals surface area contributed by atoms with Gasteiger partial charge >= 0.3 is 5.97 Å². The Labute approximate surface area is 151 Å². The maximum absolute atomic E-state index is 12.4. The summed E-state index contributed by atoms with van der Waals surface area (Å²) in [6.45, 7) is 0.166. The quantitative estimate of drug-likeness (QED) is 0.700.